The Morgan fingerprint density at radius 2 is 1.75 bits per heavy atom. The number of hydrogen-bond acceptors (Lipinski definition) is 1. The fraction of sp³-hybridized carbons (Fsp3) is 0. The van der Waals surface area contributed by atoms with Crippen molar-refractivity contribution in [2.45, 2.75) is 0 Å². The molecule has 0 unspecified atom stereocenters. The van der Waals surface area contributed by atoms with Crippen LogP contribution in [0.2, 0.25) is 0 Å². The maximum atomic E-state index is 8.69. The van der Waals surface area contributed by atoms with Gasteiger partial charge in [-0.05, 0) is 0 Å². The molecule has 1 nitrogen and oxygen atoms in total. The summed E-state index contributed by atoms with van der Waals surface area (Å²) >= 11 is 0. The Hall–Kier alpha value is 1.18. The minimum atomic E-state index is 0. The molecule has 0 bridgehead atoms. The van der Waals surface area contributed by atoms with Gasteiger partial charge in [0.25, 0.3) is 0 Å². The summed E-state index contributed by atoms with van der Waals surface area (Å²) in [6.07, 6.45) is 0.500. The molecule has 0 fully saturated rings. The molecule has 0 aliphatic heterocycles. The molecule has 0 N–H and O–H groups in total. The van der Waals surface area contributed by atoms with Crippen molar-refractivity contribution in [2.75, 3.05) is 0 Å². The molecular formula is C2H3KO. The first-order valence-electron chi connectivity index (χ1n) is 0.644. The van der Waals surface area contributed by atoms with Crippen LogP contribution in [0.4, 0.5) is 0 Å². The first kappa shape index (κ1) is 8.95. The van der Waals surface area contributed by atoms with Crippen LogP contribution in [0.3, 0.4) is 0 Å². The van der Waals surface area contributed by atoms with Crippen molar-refractivity contribution in [3.63, 3.8) is 0 Å². The second-order valence-corrected chi connectivity index (χ2v) is 0.167. The van der Waals surface area contributed by atoms with Gasteiger partial charge in [-0.3, -0.25) is 0 Å². The monoisotopic (exact) mass is 82.0 g/mol. The predicted octanol–water partition coefficient (Wildman–Crippen LogP) is -3.51. The Morgan fingerprint density at radius 1 is 1.75 bits per heavy atom. The maximum Gasteiger partial charge on any atom is 1.00 e. The average Bonchev–Trinajstić information content (AvgIpc) is 0.918. The van der Waals surface area contributed by atoms with Gasteiger partial charge in [-0.1, -0.05) is 0 Å². The minimum Gasteiger partial charge on any atom is -0.878 e. The van der Waals surface area contributed by atoms with Gasteiger partial charge in [0.1, 0.15) is 0 Å². The van der Waals surface area contributed by atoms with Gasteiger partial charge in [-0.15, -0.1) is 6.58 Å². The van der Waals surface area contributed by atoms with E-state index in [9.17, 15) is 0 Å². The summed E-state index contributed by atoms with van der Waals surface area (Å²) in [6.45, 7) is 2.81. The van der Waals surface area contributed by atoms with Gasteiger partial charge in [-0.25, -0.2) is 0 Å². The van der Waals surface area contributed by atoms with Crippen LogP contribution in [-0.2, 0) is 0 Å². The topological polar surface area (TPSA) is 23.1 Å². The summed E-state index contributed by atoms with van der Waals surface area (Å²) in [4.78, 5) is 0. The molecule has 0 aromatic carbocycles. The van der Waals surface area contributed by atoms with Crippen LogP contribution in [0.25, 0.3) is 0 Å². The second kappa shape index (κ2) is 8.90. The van der Waals surface area contributed by atoms with E-state index in [1.165, 1.54) is 0 Å². The molecular weight excluding hydrogens is 79.1 g/mol. The van der Waals surface area contributed by atoms with Gasteiger partial charge < -0.3 is 5.11 Å². The summed E-state index contributed by atoms with van der Waals surface area (Å²) < 4.78 is 0. The summed E-state index contributed by atoms with van der Waals surface area (Å²) in [5, 5.41) is 8.69. The van der Waals surface area contributed by atoms with Gasteiger partial charge in [0.05, 0.1) is 0 Å². The molecule has 0 aromatic heterocycles. The van der Waals surface area contributed by atoms with Crippen LogP contribution in [0, 0.1) is 0 Å². The van der Waals surface area contributed by atoms with E-state index in [0.29, 0.717) is 6.26 Å². The molecule has 0 saturated carbocycles. The largest absolute Gasteiger partial charge is 1.00 e. The zero-order valence-electron chi connectivity index (χ0n) is 2.69. The molecule has 0 heterocycles. The molecule has 0 aliphatic rings. The summed E-state index contributed by atoms with van der Waals surface area (Å²) in [7, 11) is 0. The molecule has 0 saturated heterocycles. The molecule has 0 aromatic rings. The van der Waals surface area contributed by atoms with Crippen molar-refractivity contribution in [1.82, 2.24) is 0 Å². The van der Waals surface area contributed by atoms with Crippen molar-refractivity contribution < 1.29 is 56.5 Å². The molecule has 0 spiro atoms. The number of rotatable bonds is 0. The minimum absolute atomic E-state index is 0. The zero-order valence-corrected chi connectivity index (χ0v) is 5.82. The van der Waals surface area contributed by atoms with Gasteiger partial charge in [-0.2, -0.15) is 6.26 Å². The molecule has 0 aliphatic carbocycles. The van der Waals surface area contributed by atoms with E-state index in [1.807, 2.05) is 0 Å². The molecule has 18 valence electrons. The van der Waals surface area contributed by atoms with E-state index in [2.05, 4.69) is 6.58 Å². The van der Waals surface area contributed by atoms with E-state index in [4.69, 9.17) is 5.11 Å². The van der Waals surface area contributed by atoms with Gasteiger partial charge >= 0.3 is 51.4 Å². The van der Waals surface area contributed by atoms with E-state index < -0.39 is 0 Å². The summed E-state index contributed by atoms with van der Waals surface area (Å²) in [5.74, 6) is 0. The third kappa shape index (κ3) is 10.9. The Kier molecular flexibility index (Phi) is 19.9. The van der Waals surface area contributed by atoms with Crippen LogP contribution in [0.1, 0.15) is 0 Å². The van der Waals surface area contributed by atoms with Gasteiger partial charge in [0.2, 0.25) is 0 Å². The third-order valence-corrected chi connectivity index (χ3v) is 0. The first-order valence-corrected chi connectivity index (χ1v) is 0.644. The molecule has 0 rings (SSSR count). The van der Waals surface area contributed by atoms with Crippen molar-refractivity contribution in [2.24, 2.45) is 0 Å². The van der Waals surface area contributed by atoms with Crippen LogP contribution in [-0.4, -0.2) is 0 Å². The molecule has 0 amide bonds. The molecule has 0 atom stereocenters. The Labute approximate surface area is 68.1 Å². The van der Waals surface area contributed by atoms with Gasteiger partial charge in [0, 0.05) is 0 Å². The first-order chi connectivity index (χ1) is 1.41. The van der Waals surface area contributed by atoms with E-state index in [1.54, 1.807) is 0 Å². The number of hydrogen-bond donors (Lipinski definition) is 0. The second-order valence-electron chi connectivity index (χ2n) is 0.167. The van der Waals surface area contributed by atoms with E-state index >= 15 is 0 Å². The van der Waals surface area contributed by atoms with E-state index in [-0.39, 0.29) is 51.4 Å². The normalized spacial score (nSPS) is 3.00. The Morgan fingerprint density at radius 3 is 1.75 bits per heavy atom. The Balaban J connectivity index is 0. The molecule has 4 heavy (non-hydrogen) atoms. The maximum absolute atomic E-state index is 8.69. The van der Waals surface area contributed by atoms with Crippen LogP contribution in [0.15, 0.2) is 12.8 Å². The fourth-order valence-corrected chi connectivity index (χ4v) is 0. The van der Waals surface area contributed by atoms with Crippen LogP contribution < -0.4 is 56.5 Å². The van der Waals surface area contributed by atoms with Crippen LogP contribution in [0.5, 0.6) is 0 Å². The van der Waals surface area contributed by atoms with Crippen molar-refractivity contribution >= 4 is 0 Å². The quantitative estimate of drug-likeness (QED) is 0.219. The molecule has 0 radical (unpaired) electrons. The molecule has 2 heteroatoms. The third-order valence-electron chi connectivity index (χ3n) is 0. The summed E-state index contributed by atoms with van der Waals surface area (Å²) in [5.41, 5.74) is 0. The van der Waals surface area contributed by atoms with Crippen molar-refractivity contribution in [3.8, 4) is 0 Å². The SMILES string of the molecule is C=C[O-].[K+]. The standard InChI is InChI=1S/C2H4O.K/c1-2-3;/h2-3H,1H2;/q;+1/p-1. The van der Waals surface area contributed by atoms with Crippen molar-refractivity contribution in [1.29, 1.82) is 0 Å². The average molecular weight is 82.1 g/mol. The Bertz CT molecular complexity index is 13.5. The van der Waals surface area contributed by atoms with Crippen LogP contribution >= 0.6 is 0 Å². The predicted molar refractivity (Wildman–Crippen MR) is 10.2 cm³/mol. The smallest absolute Gasteiger partial charge is 0.878 e. The van der Waals surface area contributed by atoms with E-state index in [0.717, 1.165) is 0 Å². The van der Waals surface area contributed by atoms with Crippen molar-refractivity contribution in [3.05, 3.63) is 12.8 Å². The zero-order chi connectivity index (χ0) is 2.71. The summed E-state index contributed by atoms with van der Waals surface area (Å²) in [6, 6.07) is 0. The van der Waals surface area contributed by atoms with Gasteiger partial charge in [0.15, 0.2) is 0 Å². The fourth-order valence-electron chi connectivity index (χ4n) is 0.